The van der Waals surface area contributed by atoms with Crippen molar-refractivity contribution >= 4 is 21.9 Å². The number of phenols is 1. The van der Waals surface area contributed by atoms with Gasteiger partial charge < -0.3 is 10.2 Å². The van der Waals surface area contributed by atoms with Crippen molar-refractivity contribution < 1.29 is 36.6 Å². The number of alkyl halides is 3. The molecule has 0 aliphatic carbocycles. The van der Waals surface area contributed by atoms with E-state index in [2.05, 4.69) is 0 Å². The lowest BCUT2D eigenvalue weighted by molar-refractivity contribution is -0.121. The van der Waals surface area contributed by atoms with Crippen LogP contribution in [0.5, 0.6) is 5.75 Å². The van der Waals surface area contributed by atoms with Crippen LogP contribution in [0.25, 0.3) is 0 Å². The predicted octanol–water partition coefficient (Wildman–Crippen LogP) is 0.899. The molecule has 0 atom stereocenters. The molecule has 0 radical (unpaired) electrons. The molecule has 112 valence electrons. The summed E-state index contributed by atoms with van der Waals surface area (Å²) in [6.45, 7) is -1.77. The molecule has 0 bridgehead atoms. The van der Waals surface area contributed by atoms with E-state index in [1.54, 1.807) is 4.72 Å². The standard InChI is InChI=1S/C9H9F3N2O5S/c10-9(11,12)4-13-20(18,19)14-5-1-2-7(15)6(3-5)8(16)17/h1-3,13-15H,4H2,(H,16,17). The second kappa shape index (κ2) is 5.54. The number of nitrogens with one attached hydrogen (secondary N) is 2. The van der Waals surface area contributed by atoms with Gasteiger partial charge in [-0.1, -0.05) is 0 Å². The van der Waals surface area contributed by atoms with E-state index in [4.69, 9.17) is 5.11 Å². The van der Waals surface area contributed by atoms with E-state index in [1.807, 2.05) is 0 Å². The molecule has 0 amide bonds. The highest BCUT2D eigenvalue weighted by Gasteiger charge is 2.29. The molecule has 11 heteroatoms. The molecule has 0 fully saturated rings. The molecule has 1 aromatic carbocycles. The number of rotatable bonds is 5. The van der Waals surface area contributed by atoms with E-state index in [-0.39, 0.29) is 5.69 Å². The third kappa shape index (κ3) is 4.93. The number of hydrogen-bond donors (Lipinski definition) is 4. The maximum atomic E-state index is 11.9. The summed E-state index contributed by atoms with van der Waals surface area (Å²) < 4.78 is 61.1. The Morgan fingerprint density at radius 3 is 2.40 bits per heavy atom. The van der Waals surface area contributed by atoms with Crippen molar-refractivity contribution in [1.82, 2.24) is 4.72 Å². The normalized spacial score (nSPS) is 12.2. The number of carbonyl (C=O) groups is 1. The summed E-state index contributed by atoms with van der Waals surface area (Å²) in [5, 5.41) is 17.9. The lowest BCUT2D eigenvalue weighted by Gasteiger charge is -2.11. The zero-order valence-corrected chi connectivity index (χ0v) is 10.4. The Kier molecular flexibility index (Phi) is 4.45. The van der Waals surface area contributed by atoms with Crippen LogP contribution in [-0.4, -0.2) is 37.3 Å². The minimum Gasteiger partial charge on any atom is -0.507 e. The van der Waals surface area contributed by atoms with Gasteiger partial charge in [0.2, 0.25) is 0 Å². The van der Waals surface area contributed by atoms with Gasteiger partial charge in [0.1, 0.15) is 17.9 Å². The Bertz CT molecular complexity index is 614. The molecule has 0 spiro atoms. The van der Waals surface area contributed by atoms with Gasteiger partial charge in [-0.2, -0.15) is 26.3 Å². The van der Waals surface area contributed by atoms with Gasteiger partial charge in [-0.25, -0.2) is 4.79 Å². The van der Waals surface area contributed by atoms with Crippen LogP contribution in [0.15, 0.2) is 18.2 Å². The number of hydrogen-bond acceptors (Lipinski definition) is 4. The summed E-state index contributed by atoms with van der Waals surface area (Å²) in [6.07, 6.45) is -4.73. The Morgan fingerprint density at radius 2 is 1.90 bits per heavy atom. The minimum absolute atomic E-state index is 0.310. The van der Waals surface area contributed by atoms with E-state index in [1.165, 1.54) is 4.72 Å². The van der Waals surface area contributed by atoms with E-state index in [0.29, 0.717) is 0 Å². The van der Waals surface area contributed by atoms with Gasteiger partial charge in [-0.15, -0.1) is 0 Å². The fourth-order valence-electron chi connectivity index (χ4n) is 1.14. The van der Waals surface area contributed by atoms with Crippen LogP contribution in [0.2, 0.25) is 0 Å². The van der Waals surface area contributed by atoms with Gasteiger partial charge in [0.15, 0.2) is 0 Å². The van der Waals surface area contributed by atoms with Crippen molar-refractivity contribution in [3.63, 3.8) is 0 Å². The van der Waals surface area contributed by atoms with Crippen LogP contribution in [0.4, 0.5) is 18.9 Å². The topological polar surface area (TPSA) is 116 Å². The van der Waals surface area contributed by atoms with Crippen molar-refractivity contribution in [2.75, 3.05) is 11.3 Å². The molecule has 0 saturated heterocycles. The van der Waals surface area contributed by atoms with Gasteiger partial charge in [-0.3, -0.25) is 4.72 Å². The largest absolute Gasteiger partial charge is 0.507 e. The van der Waals surface area contributed by atoms with Gasteiger partial charge in [0.05, 0.1) is 5.69 Å². The van der Waals surface area contributed by atoms with Gasteiger partial charge in [0.25, 0.3) is 10.2 Å². The first-order chi connectivity index (χ1) is 9.00. The fourth-order valence-corrected chi connectivity index (χ4v) is 2.00. The van der Waals surface area contributed by atoms with E-state index >= 15 is 0 Å². The monoisotopic (exact) mass is 314 g/mol. The van der Waals surface area contributed by atoms with Crippen LogP contribution in [0.3, 0.4) is 0 Å². The fraction of sp³-hybridized carbons (Fsp3) is 0.222. The maximum Gasteiger partial charge on any atom is 0.402 e. The first kappa shape index (κ1) is 16.0. The Balaban J connectivity index is 2.88. The molecular formula is C9H9F3N2O5S. The molecule has 0 unspecified atom stereocenters. The molecule has 1 aromatic rings. The third-order valence-electron chi connectivity index (χ3n) is 1.94. The predicted molar refractivity (Wildman–Crippen MR) is 61.7 cm³/mol. The molecule has 20 heavy (non-hydrogen) atoms. The molecule has 0 heterocycles. The van der Waals surface area contributed by atoms with Gasteiger partial charge >= 0.3 is 12.1 Å². The number of benzene rings is 1. The second-order valence-electron chi connectivity index (χ2n) is 3.58. The van der Waals surface area contributed by atoms with Gasteiger partial charge in [-0.05, 0) is 18.2 Å². The van der Waals surface area contributed by atoms with Crippen molar-refractivity contribution in [2.45, 2.75) is 6.18 Å². The highest BCUT2D eigenvalue weighted by Crippen LogP contribution is 2.22. The first-order valence-corrected chi connectivity index (χ1v) is 6.39. The van der Waals surface area contributed by atoms with E-state index in [9.17, 15) is 31.5 Å². The molecule has 4 N–H and O–H groups in total. The van der Waals surface area contributed by atoms with Gasteiger partial charge in [0, 0.05) is 0 Å². The van der Waals surface area contributed by atoms with Crippen molar-refractivity contribution in [2.24, 2.45) is 0 Å². The summed E-state index contributed by atoms with van der Waals surface area (Å²) in [4.78, 5) is 10.7. The number of anilines is 1. The summed E-state index contributed by atoms with van der Waals surface area (Å²) in [5.74, 6) is -2.13. The number of carboxylic acids is 1. The summed E-state index contributed by atoms with van der Waals surface area (Å²) in [5.41, 5.74) is -0.907. The lowest BCUT2D eigenvalue weighted by atomic mass is 10.2. The molecule has 0 saturated carbocycles. The van der Waals surface area contributed by atoms with E-state index in [0.717, 1.165) is 18.2 Å². The van der Waals surface area contributed by atoms with Crippen LogP contribution in [0.1, 0.15) is 10.4 Å². The zero-order valence-electron chi connectivity index (χ0n) is 9.60. The molecule has 0 aromatic heterocycles. The number of aromatic hydroxyl groups is 1. The maximum absolute atomic E-state index is 11.9. The molecule has 1 rings (SSSR count). The summed E-state index contributed by atoms with van der Waals surface area (Å²) in [7, 11) is -4.52. The number of carboxylic acid groups (broad SMARTS) is 1. The molecule has 0 aliphatic rings. The van der Waals surface area contributed by atoms with Crippen LogP contribution in [0, 0.1) is 0 Å². The average molecular weight is 314 g/mol. The summed E-state index contributed by atoms with van der Waals surface area (Å²) >= 11 is 0. The SMILES string of the molecule is O=C(O)c1cc(NS(=O)(=O)NCC(F)(F)F)ccc1O. The Hall–Kier alpha value is -2.01. The van der Waals surface area contributed by atoms with Crippen molar-refractivity contribution in [3.8, 4) is 5.75 Å². The first-order valence-electron chi connectivity index (χ1n) is 4.91. The Labute approximate surface area is 111 Å². The lowest BCUT2D eigenvalue weighted by Crippen LogP contribution is -2.37. The smallest absolute Gasteiger partial charge is 0.402 e. The highest BCUT2D eigenvalue weighted by atomic mass is 32.2. The third-order valence-corrected chi connectivity index (χ3v) is 2.97. The van der Waals surface area contributed by atoms with Crippen molar-refractivity contribution in [3.05, 3.63) is 23.8 Å². The second-order valence-corrected chi connectivity index (χ2v) is 5.08. The summed E-state index contributed by atoms with van der Waals surface area (Å²) in [6, 6.07) is 2.66. The molecular weight excluding hydrogens is 305 g/mol. The van der Waals surface area contributed by atoms with Crippen LogP contribution < -0.4 is 9.44 Å². The Morgan fingerprint density at radius 1 is 1.30 bits per heavy atom. The minimum atomic E-state index is -4.73. The van der Waals surface area contributed by atoms with Crippen LogP contribution >= 0.6 is 0 Å². The van der Waals surface area contributed by atoms with Crippen LogP contribution in [-0.2, 0) is 10.2 Å². The highest BCUT2D eigenvalue weighted by molar-refractivity contribution is 7.90. The quantitative estimate of drug-likeness (QED) is 0.603. The van der Waals surface area contributed by atoms with E-state index < -0.39 is 40.2 Å². The number of halogens is 3. The number of aromatic carboxylic acids is 1. The molecule has 7 nitrogen and oxygen atoms in total. The zero-order chi connectivity index (χ0) is 15.6. The average Bonchev–Trinajstić information content (AvgIpc) is 2.28. The molecule has 0 aliphatic heterocycles. The van der Waals surface area contributed by atoms with Crippen molar-refractivity contribution in [1.29, 1.82) is 0 Å².